The highest BCUT2D eigenvalue weighted by Gasteiger charge is 2.14. The molecule has 0 spiro atoms. The molecular formula is C15H17NO3. The van der Waals surface area contributed by atoms with E-state index in [-0.39, 0.29) is 5.78 Å². The zero-order valence-electron chi connectivity index (χ0n) is 11.2. The smallest absolute Gasteiger partial charge is 0.229 e. The average Bonchev–Trinajstić information content (AvgIpc) is 2.93. The summed E-state index contributed by atoms with van der Waals surface area (Å²) in [5.41, 5.74) is 0.477. The first kappa shape index (κ1) is 13.3. The van der Waals surface area contributed by atoms with Gasteiger partial charge in [0.25, 0.3) is 0 Å². The Bertz CT molecular complexity index is 560. The summed E-state index contributed by atoms with van der Waals surface area (Å²) >= 11 is 0. The first-order valence-corrected chi connectivity index (χ1v) is 6.45. The number of hydrogen-bond donors (Lipinski definition) is 0. The zero-order valence-corrected chi connectivity index (χ0v) is 11.2. The van der Waals surface area contributed by atoms with Crippen molar-refractivity contribution in [1.29, 1.82) is 0 Å². The third-order valence-corrected chi connectivity index (χ3v) is 2.68. The molecule has 0 aliphatic heterocycles. The summed E-state index contributed by atoms with van der Waals surface area (Å²) in [7, 11) is 0. The van der Waals surface area contributed by atoms with Gasteiger partial charge in [-0.05, 0) is 24.6 Å². The van der Waals surface area contributed by atoms with Crippen molar-refractivity contribution in [1.82, 2.24) is 4.98 Å². The third-order valence-electron chi connectivity index (χ3n) is 2.68. The van der Waals surface area contributed by atoms with E-state index in [0.29, 0.717) is 23.7 Å². The molecule has 2 aromatic rings. The number of nitrogens with zero attached hydrogens (tertiary/aromatic N) is 1. The van der Waals surface area contributed by atoms with Gasteiger partial charge < -0.3 is 9.15 Å². The summed E-state index contributed by atoms with van der Waals surface area (Å²) in [5.74, 6) is 1.57. The maximum Gasteiger partial charge on any atom is 0.229 e. The second kappa shape index (κ2) is 6.18. The fraction of sp³-hybridized carbons (Fsp3) is 0.333. The second-order valence-corrected chi connectivity index (χ2v) is 4.21. The van der Waals surface area contributed by atoms with Crippen molar-refractivity contribution in [2.75, 3.05) is 6.61 Å². The zero-order chi connectivity index (χ0) is 13.7. The molecule has 0 unspecified atom stereocenters. The van der Waals surface area contributed by atoms with E-state index in [0.717, 1.165) is 18.6 Å². The summed E-state index contributed by atoms with van der Waals surface area (Å²) in [6.07, 6.45) is 4.81. The van der Waals surface area contributed by atoms with Crippen LogP contribution in [0.2, 0.25) is 0 Å². The Balaban J connectivity index is 2.18. The molecule has 0 aliphatic rings. The summed E-state index contributed by atoms with van der Waals surface area (Å²) < 4.78 is 10.9. The largest absolute Gasteiger partial charge is 0.492 e. The number of ether oxygens (including phenoxy) is 1. The molecule has 0 saturated heterocycles. The molecule has 2 aromatic heterocycles. The minimum absolute atomic E-state index is 0.172. The normalized spacial score (nSPS) is 10.4. The lowest BCUT2D eigenvalue weighted by atomic mass is 10.1. The van der Waals surface area contributed by atoms with Gasteiger partial charge in [-0.3, -0.25) is 9.78 Å². The van der Waals surface area contributed by atoms with Crippen molar-refractivity contribution >= 4 is 5.78 Å². The lowest BCUT2D eigenvalue weighted by Crippen LogP contribution is -2.02. The van der Waals surface area contributed by atoms with Crippen molar-refractivity contribution in [3.05, 3.63) is 47.7 Å². The number of aromatic nitrogens is 1. The second-order valence-electron chi connectivity index (χ2n) is 4.21. The summed E-state index contributed by atoms with van der Waals surface area (Å²) in [6, 6.07) is 5.21. The summed E-state index contributed by atoms with van der Waals surface area (Å²) in [6.45, 7) is 4.62. The fourth-order valence-corrected chi connectivity index (χ4v) is 1.67. The molecule has 0 amide bonds. The lowest BCUT2D eigenvalue weighted by Gasteiger charge is -2.04. The van der Waals surface area contributed by atoms with Gasteiger partial charge in [-0.1, -0.05) is 13.8 Å². The van der Waals surface area contributed by atoms with Crippen molar-refractivity contribution in [3.8, 4) is 5.75 Å². The molecule has 4 nitrogen and oxygen atoms in total. The average molecular weight is 259 g/mol. The highest BCUT2D eigenvalue weighted by Crippen LogP contribution is 2.17. The molecule has 19 heavy (non-hydrogen) atoms. The maximum absolute atomic E-state index is 12.2. The third kappa shape index (κ3) is 3.22. The van der Waals surface area contributed by atoms with Crippen LogP contribution in [0.1, 0.15) is 42.1 Å². The number of aryl methyl sites for hydroxylation is 1. The lowest BCUT2D eigenvalue weighted by molar-refractivity contribution is 0.101. The molecule has 0 aromatic carbocycles. The van der Waals surface area contributed by atoms with E-state index >= 15 is 0 Å². The predicted octanol–water partition coefficient (Wildman–Crippen LogP) is 3.26. The minimum atomic E-state index is -0.172. The van der Waals surface area contributed by atoms with Gasteiger partial charge in [-0.2, -0.15) is 0 Å². The van der Waals surface area contributed by atoms with Crippen LogP contribution < -0.4 is 4.74 Å². The Morgan fingerprint density at radius 1 is 1.32 bits per heavy atom. The molecule has 0 N–H and O–H groups in total. The van der Waals surface area contributed by atoms with Crippen LogP contribution in [0.5, 0.6) is 5.75 Å². The van der Waals surface area contributed by atoms with Gasteiger partial charge in [0.2, 0.25) is 5.78 Å². The van der Waals surface area contributed by atoms with Crippen molar-refractivity contribution in [2.24, 2.45) is 0 Å². The summed E-state index contributed by atoms with van der Waals surface area (Å²) in [4.78, 5) is 16.2. The van der Waals surface area contributed by atoms with Crippen LogP contribution in [-0.4, -0.2) is 17.4 Å². The highest BCUT2D eigenvalue weighted by atomic mass is 16.5. The number of hydrogen-bond acceptors (Lipinski definition) is 4. The first-order valence-electron chi connectivity index (χ1n) is 6.45. The van der Waals surface area contributed by atoms with Crippen LogP contribution >= 0.6 is 0 Å². The first-order chi connectivity index (χ1) is 9.24. The Morgan fingerprint density at radius 3 is 2.84 bits per heavy atom. The minimum Gasteiger partial charge on any atom is -0.492 e. The van der Waals surface area contributed by atoms with E-state index in [9.17, 15) is 4.79 Å². The van der Waals surface area contributed by atoms with Crippen LogP contribution in [-0.2, 0) is 6.42 Å². The van der Waals surface area contributed by atoms with Crippen molar-refractivity contribution < 1.29 is 13.9 Å². The molecule has 0 saturated carbocycles. The molecule has 0 bridgehead atoms. The predicted molar refractivity (Wildman–Crippen MR) is 71.5 cm³/mol. The number of ketones is 1. The Kier molecular flexibility index (Phi) is 4.34. The molecule has 0 radical (unpaired) electrons. The van der Waals surface area contributed by atoms with Gasteiger partial charge in [0, 0.05) is 18.2 Å². The van der Waals surface area contributed by atoms with Crippen molar-refractivity contribution in [2.45, 2.75) is 26.7 Å². The Hall–Kier alpha value is -2.10. The van der Waals surface area contributed by atoms with Crippen LogP contribution in [0.4, 0.5) is 0 Å². The van der Waals surface area contributed by atoms with E-state index in [1.807, 2.05) is 19.9 Å². The van der Waals surface area contributed by atoms with Gasteiger partial charge in [0.05, 0.1) is 12.8 Å². The molecule has 0 fully saturated rings. The van der Waals surface area contributed by atoms with Crippen LogP contribution in [0.25, 0.3) is 0 Å². The van der Waals surface area contributed by atoms with E-state index < -0.39 is 0 Å². The van der Waals surface area contributed by atoms with Crippen LogP contribution in [0.15, 0.2) is 35.0 Å². The van der Waals surface area contributed by atoms with E-state index in [2.05, 4.69) is 4.98 Å². The number of furan rings is 1. The molecule has 0 aliphatic carbocycles. The Morgan fingerprint density at radius 2 is 2.16 bits per heavy atom. The number of pyridine rings is 1. The Labute approximate surface area is 112 Å². The van der Waals surface area contributed by atoms with Gasteiger partial charge in [0.15, 0.2) is 5.76 Å². The number of rotatable bonds is 6. The van der Waals surface area contributed by atoms with E-state index in [1.165, 1.54) is 6.20 Å². The maximum atomic E-state index is 12.2. The van der Waals surface area contributed by atoms with Gasteiger partial charge in [0.1, 0.15) is 11.5 Å². The van der Waals surface area contributed by atoms with E-state index in [4.69, 9.17) is 9.15 Å². The van der Waals surface area contributed by atoms with Gasteiger partial charge in [-0.25, -0.2) is 0 Å². The molecule has 2 rings (SSSR count). The van der Waals surface area contributed by atoms with Gasteiger partial charge >= 0.3 is 0 Å². The van der Waals surface area contributed by atoms with Crippen molar-refractivity contribution in [3.63, 3.8) is 0 Å². The molecule has 100 valence electrons. The fourth-order valence-electron chi connectivity index (χ4n) is 1.67. The highest BCUT2D eigenvalue weighted by molar-refractivity contribution is 6.07. The van der Waals surface area contributed by atoms with Gasteiger partial charge in [-0.15, -0.1) is 0 Å². The topological polar surface area (TPSA) is 52.3 Å². The quantitative estimate of drug-likeness (QED) is 0.747. The standard InChI is InChI=1S/C15H17NO3/c1-3-7-18-13-8-11(9-16-10-13)15(17)14-6-5-12(4-2)19-14/h5-6,8-10H,3-4,7H2,1-2H3. The summed E-state index contributed by atoms with van der Waals surface area (Å²) in [5, 5.41) is 0. The van der Waals surface area contributed by atoms with Crippen LogP contribution in [0, 0.1) is 0 Å². The number of carbonyl (C=O) groups excluding carboxylic acids is 1. The monoisotopic (exact) mass is 259 g/mol. The molecule has 2 heterocycles. The molecular weight excluding hydrogens is 242 g/mol. The molecule has 0 atom stereocenters. The molecule has 4 heteroatoms. The number of carbonyl (C=O) groups is 1. The SMILES string of the molecule is CCCOc1cncc(C(=O)c2ccc(CC)o2)c1. The van der Waals surface area contributed by atoms with Crippen LogP contribution in [0.3, 0.4) is 0 Å². The van der Waals surface area contributed by atoms with E-state index in [1.54, 1.807) is 18.3 Å².